The van der Waals surface area contributed by atoms with E-state index in [-0.39, 0.29) is 43.8 Å². The summed E-state index contributed by atoms with van der Waals surface area (Å²) in [6, 6.07) is 11.5. The van der Waals surface area contributed by atoms with Crippen molar-refractivity contribution in [1.82, 2.24) is 4.98 Å². The van der Waals surface area contributed by atoms with E-state index in [1.165, 1.54) is 36.5 Å². The van der Waals surface area contributed by atoms with Gasteiger partial charge in [-0.2, -0.15) is 13.2 Å². The van der Waals surface area contributed by atoms with Crippen LogP contribution in [0.25, 0.3) is 10.9 Å². The predicted octanol–water partition coefficient (Wildman–Crippen LogP) is 7.99. The minimum atomic E-state index is -4.56. The maximum Gasteiger partial charge on any atom is 0.418 e. The molecule has 0 bridgehead atoms. The monoisotopic (exact) mass is 543 g/mol. The summed E-state index contributed by atoms with van der Waals surface area (Å²) in [5.41, 5.74) is -1.58. The summed E-state index contributed by atoms with van der Waals surface area (Å²) in [5.74, 6) is -0.471. The fraction of sp³-hybridized carbons (Fsp3) is 0.0455. The number of hydrogen-bond donors (Lipinski definition) is 0. The van der Waals surface area contributed by atoms with Crippen LogP contribution in [0.1, 0.15) is 5.56 Å². The van der Waals surface area contributed by atoms with Gasteiger partial charge in [-0.25, -0.2) is 4.39 Å². The number of hydrogen-bond acceptors (Lipinski definition) is 6. The molecule has 14 heteroatoms. The van der Waals surface area contributed by atoms with Gasteiger partial charge in [0, 0.05) is 35.8 Å². The van der Waals surface area contributed by atoms with E-state index in [4.69, 9.17) is 27.9 Å². The van der Waals surface area contributed by atoms with Crippen LogP contribution >= 0.6 is 23.2 Å². The second-order valence-electron chi connectivity index (χ2n) is 6.84. The molecule has 4 rings (SSSR count). The van der Waals surface area contributed by atoms with Crippen molar-refractivity contribution in [2.24, 2.45) is 0 Å². The van der Waals surface area contributed by atoms with Crippen LogP contribution in [0.15, 0.2) is 66.9 Å². The maximum atomic E-state index is 13.1. The van der Waals surface area contributed by atoms with Gasteiger partial charge in [-0.1, -0.05) is 29.3 Å². The molecule has 36 heavy (non-hydrogen) atoms. The first kappa shape index (κ1) is 26.6. The highest BCUT2D eigenvalue weighted by Crippen LogP contribution is 2.39. The Balaban J connectivity index is 0.000000275. The highest BCUT2D eigenvalue weighted by Gasteiger charge is 2.33. The summed E-state index contributed by atoms with van der Waals surface area (Å²) in [7, 11) is 0. The zero-order chi connectivity index (χ0) is 26.6. The normalized spacial score (nSPS) is 10.9. The number of alkyl halides is 3. The number of nitro groups is 2. The zero-order valence-electron chi connectivity index (χ0n) is 17.5. The average Bonchev–Trinajstić information content (AvgIpc) is 2.81. The van der Waals surface area contributed by atoms with E-state index in [1.807, 2.05) is 0 Å². The number of ether oxygens (including phenoxy) is 1. The fourth-order valence-electron chi connectivity index (χ4n) is 2.87. The molecule has 0 N–H and O–H groups in total. The van der Waals surface area contributed by atoms with E-state index < -0.39 is 27.4 Å². The van der Waals surface area contributed by atoms with Gasteiger partial charge in [0.2, 0.25) is 0 Å². The minimum Gasteiger partial charge on any atom is -0.455 e. The van der Waals surface area contributed by atoms with E-state index in [1.54, 1.807) is 0 Å². The molecular formula is C22H11Cl2F4N3O5. The molecule has 0 aliphatic rings. The summed E-state index contributed by atoms with van der Waals surface area (Å²) < 4.78 is 57.3. The third kappa shape index (κ3) is 6.15. The van der Waals surface area contributed by atoms with Crippen molar-refractivity contribution >= 4 is 45.5 Å². The average molecular weight is 544 g/mol. The molecular weight excluding hydrogens is 533 g/mol. The molecule has 0 atom stereocenters. The highest BCUT2D eigenvalue weighted by atomic mass is 35.5. The molecule has 4 aromatic rings. The van der Waals surface area contributed by atoms with Gasteiger partial charge in [0.25, 0.3) is 11.4 Å². The van der Waals surface area contributed by atoms with Crippen molar-refractivity contribution in [3.63, 3.8) is 0 Å². The second-order valence-corrected chi connectivity index (χ2v) is 7.65. The zero-order valence-corrected chi connectivity index (χ0v) is 19.0. The molecule has 3 aromatic carbocycles. The second kappa shape index (κ2) is 10.7. The van der Waals surface area contributed by atoms with E-state index >= 15 is 0 Å². The van der Waals surface area contributed by atoms with E-state index in [2.05, 4.69) is 4.98 Å². The number of nitro benzene ring substituents is 2. The summed E-state index contributed by atoms with van der Waals surface area (Å²) in [6.07, 6.45) is -3.37. The summed E-state index contributed by atoms with van der Waals surface area (Å²) >= 11 is 11.2. The topological polar surface area (TPSA) is 108 Å². The van der Waals surface area contributed by atoms with Crippen LogP contribution < -0.4 is 4.74 Å². The Bertz CT molecular complexity index is 1470. The number of non-ortho nitro benzene ring substituents is 2. The largest absolute Gasteiger partial charge is 0.455 e. The van der Waals surface area contributed by atoms with E-state index in [0.29, 0.717) is 0 Å². The molecule has 0 aliphatic heterocycles. The van der Waals surface area contributed by atoms with Crippen molar-refractivity contribution in [2.45, 2.75) is 6.18 Å². The lowest BCUT2D eigenvalue weighted by atomic mass is 10.1. The van der Waals surface area contributed by atoms with Crippen LogP contribution in [0.2, 0.25) is 10.0 Å². The Labute approximate surface area is 209 Å². The molecule has 0 saturated carbocycles. The number of fused-ring (bicyclic) bond motifs is 1. The first-order valence-corrected chi connectivity index (χ1v) is 10.3. The smallest absolute Gasteiger partial charge is 0.418 e. The molecule has 8 nitrogen and oxygen atoms in total. The van der Waals surface area contributed by atoms with Crippen molar-refractivity contribution in [2.75, 3.05) is 0 Å². The molecule has 186 valence electrons. The van der Waals surface area contributed by atoms with Crippen LogP contribution in [0.5, 0.6) is 11.5 Å². The molecule has 0 fully saturated rings. The van der Waals surface area contributed by atoms with Gasteiger partial charge in [-0.15, -0.1) is 0 Å². The SMILES string of the molecule is O=[N+]([O-])c1ccc(F)c(Cl)c1.O=[N+]([O-])c1ccc(Oc2ccnc3c(C(F)(F)F)cccc23)c(Cl)c1. The Morgan fingerprint density at radius 2 is 1.44 bits per heavy atom. The number of pyridine rings is 1. The number of aromatic nitrogens is 1. The molecule has 1 heterocycles. The van der Waals surface area contributed by atoms with Gasteiger partial charge in [0.15, 0.2) is 0 Å². The van der Waals surface area contributed by atoms with Crippen molar-refractivity contribution in [3.8, 4) is 11.5 Å². The lowest BCUT2D eigenvalue weighted by Gasteiger charge is -2.13. The Kier molecular flexibility index (Phi) is 7.90. The third-order valence-electron chi connectivity index (χ3n) is 4.50. The molecule has 0 spiro atoms. The first-order chi connectivity index (χ1) is 16.9. The van der Waals surface area contributed by atoms with Gasteiger partial charge >= 0.3 is 6.18 Å². The van der Waals surface area contributed by atoms with Gasteiger partial charge in [-0.3, -0.25) is 25.2 Å². The van der Waals surface area contributed by atoms with Crippen LogP contribution in [0.4, 0.5) is 28.9 Å². The third-order valence-corrected chi connectivity index (χ3v) is 5.08. The summed E-state index contributed by atoms with van der Waals surface area (Å²) in [4.78, 5) is 23.3. The van der Waals surface area contributed by atoms with E-state index in [0.717, 1.165) is 30.3 Å². The quantitative estimate of drug-likeness (QED) is 0.146. The van der Waals surface area contributed by atoms with Crippen LogP contribution in [-0.2, 0) is 6.18 Å². The van der Waals surface area contributed by atoms with Gasteiger partial charge in [-0.05, 0) is 30.3 Å². The number of rotatable bonds is 4. The van der Waals surface area contributed by atoms with Gasteiger partial charge < -0.3 is 4.74 Å². The molecule has 0 amide bonds. The minimum absolute atomic E-state index is 0.0360. The van der Waals surface area contributed by atoms with E-state index in [9.17, 15) is 37.8 Å². The number of benzene rings is 3. The van der Waals surface area contributed by atoms with Crippen LogP contribution in [0.3, 0.4) is 0 Å². The first-order valence-electron chi connectivity index (χ1n) is 9.54. The van der Waals surface area contributed by atoms with Gasteiger partial charge in [0.1, 0.15) is 17.3 Å². The Hall–Kier alpha value is -4.03. The Morgan fingerprint density at radius 1 is 0.833 bits per heavy atom. The van der Waals surface area contributed by atoms with Crippen molar-refractivity contribution in [1.29, 1.82) is 0 Å². The Morgan fingerprint density at radius 3 is 2.00 bits per heavy atom. The molecule has 0 radical (unpaired) electrons. The highest BCUT2D eigenvalue weighted by molar-refractivity contribution is 6.32. The summed E-state index contributed by atoms with van der Waals surface area (Å²) in [5, 5.41) is 20.7. The van der Waals surface area contributed by atoms with Crippen molar-refractivity contribution in [3.05, 3.63) is 109 Å². The number of para-hydroxylation sites is 1. The molecule has 0 saturated heterocycles. The summed E-state index contributed by atoms with van der Waals surface area (Å²) in [6.45, 7) is 0. The van der Waals surface area contributed by atoms with Crippen molar-refractivity contribution < 1.29 is 32.1 Å². The molecule has 0 unspecified atom stereocenters. The van der Waals surface area contributed by atoms with Gasteiger partial charge in [0.05, 0.1) is 31.0 Å². The fourth-order valence-corrected chi connectivity index (χ4v) is 3.26. The maximum absolute atomic E-state index is 13.1. The van der Waals surface area contributed by atoms with Crippen LogP contribution in [-0.4, -0.2) is 14.8 Å². The van der Waals surface area contributed by atoms with Crippen LogP contribution in [0, 0.1) is 26.0 Å². The number of halogens is 6. The lowest BCUT2D eigenvalue weighted by Crippen LogP contribution is -2.06. The standard InChI is InChI=1S/C16H8ClF3N2O3.C6H3ClFNO2/c17-12-8-9(22(23)24)4-5-14(12)25-13-6-7-21-15-10(13)2-1-3-11(15)16(18,19)20;7-5-3-4(9(10)11)1-2-6(5)8/h1-8H;1-3H. The number of nitrogens with zero attached hydrogens (tertiary/aromatic N) is 3. The molecule has 0 aliphatic carbocycles. The lowest BCUT2D eigenvalue weighted by molar-refractivity contribution is -0.385. The molecule has 1 aromatic heterocycles. The predicted molar refractivity (Wildman–Crippen MR) is 123 cm³/mol.